The van der Waals surface area contributed by atoms with E-state index < -0.39 is 0 Å². The molecule has 0 radical (unpaired) electrons. The second kappa shape index (κ2) is 8.20. The van der Waals surface area contributed by atoms with E-state index in [0.29, 0.717) is 30.9 Å². The number of fused-ring (bicyclic) bond motifs is 1. The number of para-hydroxylation sites is 1. The third-order valence-electron chi connectivity index (χ3n) is 6.02. The molecule has 3 N–H and O–H groups in total. The summed E-state index contributed by atoms with van der Waals surface area (Å²) < 4.78 is 21.9. The van der Waals surface area contributed by atoms with E-state index in [1.54, 1.807) is 24.4 Å². The number of rotatable bonds is 5. The van der Waals surface area contributed by atoms with Gasteiger partial charge in [-0.15, -0.1) is 0 Å². The first-order valence-electron chi connectivity index (χ1n) is 10.6. The van der Waals surface area contributed by atoms with Crippen LogP contribution in [0, 0.1) is 5.82 Å². The van der Waals surface area contributed by atoms with Crippen molar-refractivity contribution in [1.82, 2.24) is 14.5 Å². The Balaban J connectivity index is 1.49. The minimum absolute atomic E-state index is 0.129. The number of ether oxygens (including phenoxy) is 1. The Morgan fingerprint density at radius 3 is 2.73 bits per heavy atom. The number of pyridine rings is 1. The van der Waals surface area contributed by atoms with Gasteiger partial charge in [0, 0.05) is 18.7 Å². The molecule has 1 aromatic carbocycles. The van der Waals surface area contributed by atoms with Gasteiger partial charge in [-0.2, -0.15) is 0 Å². The van der Waals surface area contributed by atoms with Gasteiger partial charge in [0.2, 0.25) is 5.95 Å². The molecule has 1 aliphatic carbocycles. The third kappa shape index (κ3) is 3.85. The normalized spacial score (nSPS) is 24.3. The predicted molar refractivity (Wildman–Crippen MR) is 114 cm³/mol. The molecule has 3 heterocycles. The van der Waals surface area contributed by atoms with Gasteiger partial charge in [0.1, 0.15) is 17.2 Å². The molecule has 1 saturated carbocycles. The SMILES string of the molecule is OC1CCC(Nc2cc3c(cn2)nc(Nc2ccccc2F)n3[C@H]2CCOC2)CC1. The summed E-state index contributed by atoms with van der Waals surface area (Å²) in [5.74, 6) is 1.06. The molecular weight excluding hydrogens is 385 g/mol. The maximum Gasteiger partial charge on any atom is 0.208 e. The van der Waals surface area contributed by atoms with Crippen LogP contribution in [0.3, 0.4) is 0 Å². The number of nitrogens with one attached hydrogen (secondary N) is 2. The van der Waals surface area contributed by atoms with Gasteiger partial charge in [0.05, 0.1) is 36.2 Å². The zero-order valence-corrected chi connectivity index (χ0v) is 16.7. The number of imidazole rings is 1. The first-order chi connectivity index (χ1) is 14.7. The van der Waals surface area contributed by atoms with E-state index >= 15 is 0 Å². The topological polar surface area (TPSA) is 84.2 Å². The molecule has 1 aliphatic heterocycles. The fraction of sp³-hybridized carbons (Fsp3) is 0.455. The van der Waals surface area contributed by atoms with Crippen molar-refractivity contribution in [1.29, 1.82) is 0 Å². The van der Waals surface area contributed by atoms with E-state index in [-0.39, 0.29) is 18.0 Å². The Kier molecular flexibility index (Phi) is 5.26. The van der Waals surface area contributed by atoms with E-state index in [0.717, 1.165) is 49.0 Å². The second-order valence-electron chi connectivity index (χ2n) is 8.14. The van der Waals surface area contributed by atoms with Crippen LogP contribution in [0.25, 0.3) is 11.0 Å². The van der Waals surface area contributed by atoms with Gasteiger partial charge in [-0.1, -0.05) is 12.1 Å². The number of nitrogens with zero attached hydrogens (tertiary/aromatic N) is 3. The fourth-order valence-electron chi connectivity index (χ4n) is 4.37. The first kappa shape index (κ1) is 19.3. The van der Waals surface area contributed by atoms with Gasteiger partial charge < -0.3 is 25.0 Å². The summed E-state index contributed by atoms with van der Waals surface area (Å²) in [6.45, 7) is 1.30. The van der Waals surface area contributed by atoms with Crippen molar-refractivity contribution in [2.75, 3.05) is 23.8 Å². The zero-order valence-electron chi connectivity index (χ0n) is 16.7. The lowest BCUT2D eigenvalue weighted by atomic mass is 9.93. The number of anilines is 3. The van der Waals surface area contributed by atoms with Crippen LogP contribution in [0.2, 0.25) is 0 Å². The standard InChI is InChI=1S/C22H26FN5O2/c23-17-3-1-2-4-18(17)26-22-27-19-12-24-21(25-14-5-7-16(29)8-6-14)11-20(19)28(22)15-9-10-30-13-15/h1-4,11-12,14-16,29H,5-10,13H2,(H,24,25)(H,26,27)/t14?,15-,16?/m0/s1. The highest BCUT2D eigenvalue weighted by Gasteiger charge is 2.25. The van der Waals surface area contributed by atoms with Gasteiger partial charge >= 0.3 is 0 Å². The van der Waals surface area contributed by atoms with Crippen molar-refractivity contribution in [2.24, 2.45) is 0 Å². The summed E-state index contributed by atoms with van der Waals surface area (Å²) in [4.78, 5) is 9.24. The maximum absolute atomic E-state index is 14.2. The highest BCUT2D eigenvalue weighted by Crippen LogP contribution is 2.32. The molecule has 0 amide bonds. The van der Waals surface area contributed by atoms with Crippen molar-refractivity contribution in [3.63, 3.8) is 0 Å². The second-order valence-corrected chi connectivity index (χ2v) is 8.14. The molecule has 8 heteroatoms. The van der Waals surface area contributed by atoms with Crippen molar-refractivity contribution in [3.05, 3.63) is 42.3 Å². The summed E-state index contributed by atoms with van der Waals surface area (Å²) in [5, 5.41) is 16.4. The van der Waals surface area contributed by atoms with Crippen molar-refractivity contribution >= 4 is 28.5 Å². The number of hydrogen-bond acceptors (Lipinski definition) is 6. The lowest BCUT2D eigenvalue weighted by Gasteiger charge is -2.26. The van der Waals surface area contributed by atoms with Crippen LogP contribution in [-0.4, -0.2) is 45.0 Å². The highest BCUT2D eigenvalue weighted by atomic mass is 19.1. The maximum atomic E-state index is 14.2. The Morgan fingerprint density at radius 1 is 1.13 bits per heavy atom. The largest absolute Gasteiger partial charge is 0.393 e. The number of aromatic nitrogens is 3. The molecule has 0 unspecified atom stereocenters. The lowest BCUT2D eigenvalue weighted by Crippen LogP contribution is -2.28. The average Bonchev–Trinajstić information content (AvgIpc) is 3.38. The molecular formula is C22H26FN5O2. The molecule has 158 valence electrons. The summed E-state index contributed by atoms with van der Waals surface area (Å²) in [5.41, 5.74) is 2.09. The van der Waals surface area contributed by atoms with Crippen LogP contribution >= 0.6 is 0 Å². The quantitative estimate of drug-likeness (QED) is 0.589. The van der Waals surface area contributed by atoms with Gasteiger partial charge in [-0.25, -0.2) is 14.4 Å². The Morgan fingerprint density at radius 2 is 1.97 bits per heavy atom. The van der Waals surface area contributed by atoms with Gasteiger partial charge in [0.15, 0.2) is 0 Å². The first-order valence-corrected chi connectivity index (χ1v) is 10.6. The number of halogens is 1. The van der Waals surface area contributed by atoms with Gasteiger partial charge in [-0.3, -0.25) is 0 Å². The Bertz CT molecular complexity index is 1030. The summed E-state index contributed by atoms with van der Waals surface area (Å²) >= 11 is 0. The smallest absolute Gasteiger partial charge is 0.208 e. The number of benzene rings is 1. The number of aliphatic hydroxyl groups is 1. The lowest BCUT2D eigenvalue weighted by molar-refractivity contribution is 0.126. The molecule has 3 aromatic rings. The van der Waals surface area contributed by atoms with E-state index in [2.05, 4.69) is 20.2 Å². The van der Waals surface area contributed by atoms with E-state index in [9.17, 15) is 9.50 Å². The number of aliphatic hydroxyl groups excluding tert-OH is 1. The van der Waals surface area contributed by atoms with Crippen LogP contribution in [0.5, 0.6) is 0 Å². The van der Waals surface area contributed by atoms with Crippen LogP contribution < -0.4 is 10.6 Å². The van der Waals surface area contributed by atoms with E-state index in [4.69, 9.17) is 9.72 Å². The predicted octanol–water partition coefficient (Wildman–Crippen LogP) is 3.99. The van der Waals surface area contributed by atoms with Crippen LogP contribution in [0.15, 0.2) is 36.5 Å². The van der Waals surface area contributed by atoms with E-state index in [1.165, 1.54) is 6.07 Å². The van der Waals surface area contributed by atoms with Crippen molar-refractivity contribution < 1.29 is 14.2 Å². The van der Waals surface area contributed by atoms with Crippen molar-refractivity contribution in [2.45, 2.75) is 50.3 Å². The Labute approximate surface area is 174 Å². The zero-order chi connectivity index (χ0) is 20.5. The van der Waals surface area contributed by atoms with Crippen LogP contribution in [-0.2, 0) is 4.74 Å². The van der Waals surface area contributed by atoms with Gasteiger partial charge in [0.25, 0.3) is 0 Å². The minimum atomic E-state index is -0.321. The molecule has 5 rings (SSSR count). The molecule has 0 bridgehead atoms. The fourth-order valence-corrected chi connectivity index (χ4v) is 4.37. The van der Waals surface area contributed by atoms with E-state index in [1.807, 2.05) is 6.07 Å². The highest BCUT2D eigenvalue weighted by molar-refractivity contribution is 5.81. The summed E-state index contributed by atoms with van der Waals surface area (Å²) in [6.07, 6.45) is 5.93. The molecule has 1 saturated heterocycles. The molecule has 0 spiro atoms. The molecule has 1 atom stereocenters. The molecule has 2 aliphatic rings. The number of hydrogen-bond donors (Lipinski definition) is 3. The molecule has 2 aromatic heterocycles. The van der Waals surface area contributed by atoms with Crippen LogP contribution in [0.4, 0.5) is 21.8 Å². The summed E-state index contributed by atoms with van der Waals surface area (Å²) in [6, 6.07) is 9.04. The summed E-state index contributed by atoms with van der Waals surface area (Å²) in [7, 11) is 0. The molecule has 30 heavy (non-hydrogen) atoms. The minimum Gasteiger partial charge on any atom is -0.393 e. The Hall–Kier alpha value is -2.71. The third-order valence-corrected chi connectivity index (χ3v) is 6.02. The van der Waals surface area contributed by atoms with Crippen molar-refractivity contribution in [3.8, 4) is 0 Å². The molecule has 2 fully saturated rings. The molecule has 7 nitrogen and oxygen atoms in total. The average molecular weight is 411 g/mol. The van der Waals surface area contributed by atoms with Gasteiger partial charge in [-0.05, 0) is 44.2 Å². The van der Waals surface area contributed by atoms with Crippen LogP contribution in [0.1, 0.15) is 38.1 Å². The monoisotopic (exact) mass is 411 g/mol.